The second-order valence-electron chi connectivity index (χ2n) is 5.46. The van der Waals surface area contributed by atoms with Gasteiger partial charge in [-0.15, -0.1) is 0 Å². The van der Waals surface area contributed by atoms with Crippen LogP contribution in [0.3, 0.4) is 0 Å². The molecule has 21 heavy (non-hydrogen) atoms. The van der Waals surface area contributed by atoms with Crippen molar-refractivity contribution >= 4 is 17.3 Å². The number of hydrogen-bond acceptors (Lipinski definition) is 2. The van der Waals surface area contributed by atoms with Crippen molar-refractivity contribution in [2.75, 3.05) is 18.0 Å². The van der Waals surface area contributed by atoms with Gasteiger partial charge in [0.15, 0.2) is 0 Å². The van der Waals surface area contributed by atoms with Crippen LogP contribution in [-0.2, 0) is 4.79 Å². The first-order valence-electron chi connectivity index (χ1n) is 7.48. The summed E-state index contributed by atoms with van der Waals surface area (Å²) >= 11 is 0. The van der Waals surface area contributed by atoms with Crippen LogP contribution in [0.25, 0.3) is 0 Å². The van der Waals surface area contributed by atoms with Crippen LogP contribution in [0.2, 0.25) is 0 Å². The molecule has 3 heteroatoms. The number of benzene rings is 2. The van der Waals surface area contributed by atoms with E-state index < -0.39 is 0 Å². The van der Waals surface area contributed by atoms with Gasteiger partial charge in [-0.25, -0.2) is 0 Å². The van der Waals surface area contributed by atoms with E-state index in [4.69, 9.17) is 0 Å². The van der Waals surface area contributed by atoms with Crippen molar-refractivity contribution in [3.05, 3.63) is 60.7 Å². The summed E-state index contributed by atoms with van der Waals surface area (Å²) in [7, 11) is 0. The maximum absolute atomic E-state index is 12.8. The third-order valence-electron chi connectivity index (χ3n) is 3.90. The molecule has 1 amide bonds. The van der Waals surface area contributed by atoms with Crippen LogP contribution in [0.15, 0.2) is 60.7 Å². The van der Waals surface area contributed by atoms with Crippen molar-refractivity contribution in [2.24, 2.45) is 5.92 Å². The molecule has 2 aromatic carbocycles. The average molecular weight is 280 g/mol. The predicted octanol–water partition coefficient (Wildman–Crippen LogP) is 3.35. The number of hydrogen-bond donors (Lipinski definition) is 1. The smallest absolute Gasteiger partial charge is 0.231 e. The number of anilines is 2. The van der Waals surface area contributed by atoms with Gasteiger partial charge in [0.2, 0.25) is 5.91 Å². The molecule has 0 saturated carbocycles. The molecule has 1 unspecified atom stereocenters. The van der Waals surface area contributed by atoms with Crippen LogP contribution >= 0.6 is 0 Å². The molecule has 2 aromatic rings. The van der Waals surface area contributed by atoms with Gasteiger partial charge in [0, 0.05) is 17.8 Å². The van der Waals surface area contributed by atoms with Crippen LogP contribution in [0.1, 0.15) is 12.8 Å². The van der Waals surface area contributed by atoms with Crippen molar-refractivity contribution in [1.29, 1.82) is 0 Å². The van der Waals surface area contributed by atoms with Gasteiger partial charge in [-0.1, -0.05) is 36.4 Å². The lowest BCUT2D eigenvalue weighted by molar-refractivity contribution is -0.118. The summed E-state index contributed by atoms with van der Waals surface area (Å²) in [4.78, 5) is 14.6. The van der Waals surface area contributed by atoms with Crippen molar-refractivity contribution in [1.82, 2.24) is 5.32 Å². The van der Waals surface area contributed by atoms with Crippen molar-refractivity contribution in [3.63, 3.8) is 0 Å². The number of carbonyl (C=O) groups excluding carboxylic acids is 1. The zero-order chi connectivity index (χ0) is 14.5. The van der Waals surface area contributed by atoms with E-state index in [1.54, 1.807) is 0 Å². The largest absolute Gasteiger partial charge is 0.316 e. The minimum absolute atomic E-state index is 0.168. The fourth-order valence-electron chi connectivity index (χ4n) is 2.82. The summed E-state index contributed by atoms with van der Waals surface area (Å²) in [6, 6.07) is 19.7. The Morgan fingerprint density at radius 1 is 1.00 bits per heavy atom. The minimum Gasteiger partial charge on any atom is -0.316 e. The highest BCUT2D eigenvalue weighted by Gasteiger charge is 2.23. The molecule has 0 radical (unpaired) electrons. The van der Waals surface area contributed by atoms with Gasteiger partial charge in [-0.2, -0.15) is 0 Å². The molecule has 0 bridgehead atoms. The normalized spacial score (nSPS) is 17.6. The Morgan fingerprint density at radius 2 is 1.57 bits per heavy atom. The first-order chi connectivity index (χ1) is 10.3. The fraction of sp³-hybridized carbons (Fsp3) is 0.278. The molecule has 3 rings (SSSR count). The summed E-state index contributed by atoms with van der Waals surface area (Å²) in [5.74, 6) is 0.619. The molecular weight excluding hydrogens is 260 g/mol. The van der Waals surface area contributed by atoms with E-state index in [0.717, 1.165) is 30.9 Å². The first-order valence-corrected chi connectivity index (χ1v) is 7.48. The molecule has 108 valence electrons. The number of nitrogens with one attached hydrogen (secondary N) is 1. The van der Waals surface area contributed by atoms with Gasteiger partial charge in [0.1, 0.15) is 0 Å². The Morgan fingerprint density at radius 3 is 2.05 bits per heavy atom. The zero-order valence-corrected chi connectivity index (χ0v) is 12.0. The SMILES string of the molecule is O=C(CC1CCNC1)N(c1ccccc1)c1ccccc1. The van der Waals surface area contributed by atoms with E-state index in [2.05, 4.69) is 5.32 Å². The topological polar surface area (TPSA) is 32.3 Å². The summed E-state index contributed by atoms with van der Waals surface area (Å²) in [5.41, 5.74) is 1.86. The first kappa shape index (κ1) is 13.8. The Bertz CT molecular complexity index is 537. The Labute approximate surface area is 125 Å². The van der Waals surface area contributed by atoms with Crippen LogP contribution < -0.4 is 10.2 Å². The Balaban J connectivity index is 1.87. The monoisotopic (exact) mass is 280 g/mol. The molecule has 0 aliphatic carbocycles. The number of rotatable bonds is 4. The molecule has 1 aliphatic rings. The molecule has 1 aliphatic heterocycles. The van der Waals surface area contributed by atoms with E-state index in [-0.39, 0.29) is 5.91 Å². The Hall–Kier alpha value is -2.13. The molecule has 1 N–H and O–H groups in total. The molecule has 0 spiro atoms. The molecule has 1 saturated heterocycles. The highest BCUT2D eigenvalue weighted by molar-refractivity contribution is 6.00. The van der Waals surface area contributed by atoms with Crippen LogP contribution in [0.4, 0.5) is 11.4 Å². The van der Waals surface area contributed by atoms with Crippen molar-refractivity contribution < 1.29 is 4.79 Å². The van der Waals surface area contributed by atoms with E-state index in [0.29, 0.717) is 12.3 Å². The number of amides is 1. The predicted molar refractivity (Wildman–Crippen MR) is 85.6 cm³/mol. The van der Waals surface area contributed by atoms with E-state index in [1.165, 1.54) is 0 Å². The summed E-state index contributed by atoms with van der Waals surface area (Å²) in [6.45, 7) is 1.97. The lowest BCUT2D eigenvalue weighted by atomic mass is 10.0. The van der Waals surface area contributed by atoms with E-state index in [1.807, 2.05) is 65.6 Å². The fourth-order valence-corrected chi connectivity index (χ4v) is 2.82. The third-order valence-corrected chi connectivity index (χ3v) is 3.90. The molecular formula is C18H20N2O. The van der Waals surface area contributed by atoms with Crippen LogP contribution in [0, 0.1) is 5.92 Å². The molecule has 3 nitrogen and oxygen atoms in total. The Kier molecular flexibility index (Phi) is 4.31. The number of nitrogens with zero attached hydrogens (tertiary/aromatic N) is 1. The van der Waals surface area contributed by atoms with Crippen LogP contribution in [0.5, 0.6) is 0 Å². The van der Waals surface area contributed by atoms with Gasteiger partial charge in [0.05, 0.1) is 0 Å². The summed E-state index contributed by atoms with van der Waals surface area (Å²) < 4.78 is 0. The average Bonchev–Trinajstić information content (AvgIpc) is 3.02. The van der Waals surface area contributed by atoms with Crippen LogP contribution in [-0.4, -0.2) is 19.0 Å². The highest BCUT2D eigenvalue weighted by Crippen LogP contribution is 2.27. The molecule has 1 atom stereocenters. The van der Waals surface area contributed by atoms with Gasteiger partial charge in [-0.3, -0.25) is 9.69 Å². The summed E-state index contributed by atoms with van der Waals surface area (Å²) in [5, 5.41) is 3.33. The molecule has 0 aromatic heterocycles. The standard InChI is InChI=1S/C18H20N2O/c21-18(13-15-11-12-19-14-15)20(16-7-3-1-4-8-16)17-9-5-2-6-10-17/h1-10,15,19H,11-14H2. The quantitative estimate of drug-likeness (QED) is 0.931. The number of para-hydroxylation sites is 2. The second kappa shape index (κ2) is 6.55. The molecule has 1 heterocycles. The van der Waals surface area contributed by atoms with Crippen molar-refractivity contribution in [2.45, 2.75) is 12.8 Å². The van der Waals surface area contributed by atoms with Gasteiger partial charge in [0.25, 0.3) is 0 Å². The highest BCUT2D eigenvalue weighted by atomic mass is 16.2. The minimum atomic E-state index is 0.168. The lowest BCUT2D eigenvalue weighted by Gasteiger charge is -2.24. The van der Waals surface area contributed by atoms with E-state index >= 15 is 0 Å². The van der Waals surface area contributed by atoms with E-state index in [9.17, 15) is 4.79 Å². The van der Waals surface area contributed by atoms with Gasteiger partial charge >= 0.3 is 0 Å². The van der Waals surface area contributed by atoms with Gasteiger partial charge in [-0.05, 0) is 49.7 Å². The lowest BCUT2D eigenvalue weighted by Crippen LogP contribution is -2.28. The third kappa shape index (κ3) is 3.31. The maximum Gasteiger partial charge on any atom is 0.231 e. The second-order valence-corrected chi connectivity index (χ2v) is 5.46. The van der Waals surface area contributed by atoms with Crippen molar-refractivity contribution in [3.8, 4) is 0 Å². The summed E-state index contributed by atoms with van der Waals surface area (Å²) in [6.07, 6.45) is 1.68. The molecule has 1 fully saturated rings. The van der Waals surface area contributed by atoms with Gasteiger partial charge < -0.3 is 5.32 Å². The number of carbonyl (C=O) groups is 1. The maximum atomic E-state index is 12.8. The zero-order valence-electron chi connectivity index (χ0n) is 12.0.